The smallest absolute Gasteiger partial charge is 0.385 e. The number of halogens is 2. The highest BCUT2D eigenvalue weighted by atomic mass is 32.1. The van der Waals surface area contributed by atoms with Gasteiger partial charge >= 0.3 is 11.9 Å². The predicted molar refractivity (Wildman–Crippen MR) is 102 cm³/mol. The first-order valence-corrected chi connectivity index (χ1v) is 9.48. The number of thiazole rings is 1. The van der Waals surface area contributed by atoms with Gasteiger partial charge in [0, 0.05) is 17.1 Å². The number of carboxylic acid groups (broad SMARTS) is 1. The molecule has 5 N–H and O–H groups in total. The maximum atomic E-state index is 13.6. The molecule has 0 spiro atoms. The topological polar surface area (TPSA) is 160 Å². The second-order valence-electron chi connectivity index (χ2n) is 7.36. The lowest BCUT2D eigenvalue weighted by Crippen LogP contribution is -2.29. The molecule has 0 aromatic carbocycles. The zero-order valence-corrected chi connectivity index (χ0v) is 16.5. The summed E-state index contributed by atoms with van der Waals surface area (Å²) in [6, 6.07) is 0. The first-order valence-electron chi connectivity index (χ1n) is 8.60. The summed E-state index contributed by atoms with van der Waals surface area (Å²) in [5, 5.41) is 18.6. The third-order valence-corrected chi connectivity index (χ3v) is 5.48. The summed E-state index contributed by atoms with van der Waals surface area (Å²) in [7, 11) is 0. The minimum Gasteiger partial charge on any atom is -0.476 e. The Labute approximate surface area is 171 Å². The van der Waals surface area contributed by atoms with Gasteiger partial charge in [0.2, 0.25) is 5.95 Å². The Morgan fingerprint density at radius 2 is 2.10 bits per heavy atom. The van der Waals surface area contributed by atoms with Gasteiger partial charge in [-0.25, -0.2) is 19.7 Å². The van der Waals surface area contributed by atoms with E-state index in [2.05, 4.69) is 30.5 Å². The number of amides is 1. The van der Waals surface area contributed by atoms with E-state index in [0.717, 1.165) is 10.9 Å². The van der Waals surface area contributed by atoms with Gasteiger partial charge in [-0.2, -0.15) is 13.9 Å². The molecular weight excluding hydrogens is 420 g/mol. The van der Waals surface area contributed by atoms with Crippen molar-refractivity contribution in [3.05, 3.63) is 34.1 Å². The predicted octanol–water partition coefficient (Wildman–Crippen LogP) is 2.17. The molecule has 0 saturated carbocycles. The van der Waals surface area contributed by atoms with Crippen molar-refractivity contribution in [2.75, 3.05) is 11.1 Å². The van der Waals surface area contributed by atoms with Gasteiger partial charge in [0.1, 0.15) is 5.69 Å². The Balaban J connectivity index is 1.68. The number of hydrogen-bond acceptors (Lipinski definition) is 8. The quantitative estimate of drug-likeness (QED) is 0.485. The highest BCUT2D eigenvalue weighted by Crippen LogP contribution is 2.43. The van der Waals surface area contributed by atoms with Crippen LogP contribution in [0.3, 0.4) is 0 Å². The molecular formula is C17H15F2N7O3S. The molecule has 30 heavy (non-hydrogen) atoms. The molecule has 0 aliphatic heterocycles. The molecule has 10 nitrogen and oxygen atoms in total. The van der Waals surface area contributed by atoms with Crippen molar-refractivity contribution in [2.45, 2.75) is 31.6 Å². The maximum absolute atomic E-state index is 13.6. The number of carbonyl (C=O) groups is 2. The molecule has 1 aliphatic carbocycles. The van der Waals surface area contributed by atoms with Gasteiger partial charge < -0.3 is 10.8 Å². The number of fused-ring (bicyclic) bond motifs is 3. The number of nitrogens with zero attached hydrogens (tertiary/aromatic N) is 4. The van der Waals surface area contributed by atoms with Crippen LogP contribution in [0.5, 0.6) is 0 Å². The second-order valence-corrected chi connectivity index (χ2v) is 8.21. The molecule has 0 bridgehead atoms. The number of aromatic amines is 1. The van der Waals surface area contributed by atoms with Crippen molar-refractivity contribution in [3.8, 4) is 11.4 Å². The first-order chi connectivity index (χ1) is 14.0. The van der Waals surface area contributed by atoms with Crippen LogP contribution in [0.25, 0.3) is 11.4 Å². The van der Waals surface area contributed by atoms with Gasteiger partial charge in [-0.3, -0.25) is 15.2 Å². The Kier molecular flexibility index (Phi) is 4.31. The minimum absolute atomic E-state index is 0.0552. The van der Waals surface area contributed by atoms with E-state index in [1.807, 2.05) is 13.8 Å². The number of anilines is 2. The summed E-state index contributed by atoms with van der Waals surface area (Å²) in [4.78, 5) is 35.3. The summed E-state index contributed by atoms with van der Waals surface area (Å²) in [6.07, 6.45) is 2.16. The van der Waals surface area contributed by atoms with Crippen molar-refractivity contribution >= 4 is 34.3 Å². The van der Waals surface area contributed by atoms with Gasteiger partial charge in [0.25, 0.3) is 5.91 Å². The number of aliphatic carboxylic acids is 1. The normalized spacial score (nSPS) is 14.7. The second kappa shape index (κ2) is 6.52. The van der Waals surface area contributed by atoms with Gasteiger partial charge in [0.15, 0.2) is 10.8 Å². The molecule has 0 fully saturated rings. The Morgan fingerprint density at radius 1 is 1.37 bits per heavy atom. The van der Waals surface area contributed by atoms with Crippen LogP contribution in [0, 0.1) is 0 Å². The molecule has 3 heterocycles. The summed E-state index contributed by atoms with van der Waals surface area (Å²) in [6.45, 7) is 3.85. The van der Waals surface area contributed by atoms with E-state index in [-0.39, 0.29) is 16.8 Å². The van der Waals surface area contributed by atoms with Crippen LogP contribution in [-0.2, 0) is 22.6 Å². The summed E-state index contributed by atoms with van der Waals surface area (Å²) < 4.78 is 27.2. The fourth-order valence-electron chi connectivity index (χ4n) is 3.41. The van der Waals surface area contributed by atoms with Crippen molar-refractivity contribution in [2.24, 2.45) is 0 Å². The van der Waals surface area contributed by atoms with Crippen molar-refractivity contribution in [1.29, 1.82) is 0 Å². The van der Waals surface area contributed by atoms with Crippen LogP contribution in [0.15, 0.2) is 11.6 Å². The van der Waals surface area contributed by atoms with E-state index >= 15 is 0 Å². The lowest BCUT2D eigenvalue weighted by atomic mass is 9.73. The zero-order valence-electron chi connectivity index (χ0n) is 15.7. The standard InChI is InChI=1S/C17H15F2N7O3S/c1-16(2)3-6-4-21-14(20)23-9(6)10-8(16)11(26-25-10)12(27)24-15-22-7(5-30-15)17(18,19)13(28)29/h4-5H,3H2,1-2H3,(H,25,26)(H,28,29)(H2,20,21,23)(H,22,24,27). The van der Waals surface area contributed by atoms with Crippen LogP contribution < -0.4 is 11.1 Å². The third-order valence-electron chi connectivity index (χ3n) is 4.73. The molecule has 3 aromatic rings. The van der Waals surface area contributed by atoms with Crippen molar-refractivity contribution < 1.29 is 23.5 Å². The summed E-state index contributed by atoms with van der Waals surface area (Å²) >= 11 is 0.686. The SMILES string of the molecule is CC1(C)Cc2cnc(N)nc2-c2[nH]nc(C(=O)Nc3nc(C(F)(F)C(=O)O)cs3)c21. The molecule has 13 heteroatoms. The lowest BCUT2D eigenvalue weighted by molar-refractivity contribution is -0.166. The van der Waals surface area contributed by atoms with E-state index in [1.165, 1.54) is 0 Å². The largest absolute Gasteiger partial charge is 0.476 e. The average molecular weight is 435 g/mol. The van der Waals surface area contributed by atoms with E-state index in [9.17, 15) is 18.4 Å². The number of alkyl halides is 2. The summed E-state index contributed by atoms with van der Waals surface area (Å²) in [5.41, 5.74) is 6.79. The van der Waals surface area contributed by atoms with Crippen LogP contribution >= 0.6 is 11.3 Å². The van der Waals surface area contributed by atoms with Gasteiger partial charge in [0.05, 0.1) is 11.4 Å². The van der Waals surface area contributed by atoms with E-state index in [1.54, 1.807) is 6.20 Å². The van der Waals surface area contributed by atoms with E-state index < -0.39 is 28.9 Å². The number of nitrogens with two attached hydrogens (primary N) is 1. The first kappa shape index (κ1) is 19.8. The molecule has 0 radical (unpaired) electrons. The summed E-state index contributed by atoms with van der Waals surface area (Å²) in [5.74, 6) is -7.08. The minimum atomic E-state index is -4.16. The van der Waals surface area contributed by atoms with E-state index in [0.29, 0.717) is 34.7 Å². The number of aromatic nitrogens is 5. The number of nitrogen functional groups attached to an aromatic ring is 1. The monoisotopic (exact) mass is 435 g/mol. The molecule has 0 unspecified atom stereocenters. The molecule has 3 aromatic heterocycles. The molecule has 0 atom stereocenters. The van der Waals surface area contributed by atoms with Crippen molar-refractivity contribution in [1.82, 2.24) is 25.1 Å². The molecule has 0 saturated heterocycles. The van der Waals surface area contributed by atoms with Gasteiger partial charge in [-0.05, 0) is 17.4 Å². The van der Waals surface area contributed by atoms with E-state index in [4.69, 9.17) is 10.8 Å². The van der Waals surface area contributed by atoms with Gasteiger partial charge in [-0.1, -0.05) is 13.8 Å². The van der Waals surface area contributed by atoms with Crippen molar-refractivity contribution in [3.63, 3.8) is 0 Å². The number of hydrogen-bond donors (Lipinski definition) is 4. The number of rotatable bonds is 4. The average Bonchev–Trinajstić information content (AvgIpc) is 3.30. The Morgan fingerprint density at radius 3 is 2.80 bits per heavy atom. The highest BCUT2D eigenvalue weighted by molar-refractivity contribution is 7.14. The van der Waals surface area contributed by atoms with Crippen LogP contribution in [0.1, 0.15) is 41.2 Å². The van der Waals surface area contributed by atoms with Gasteiger partial charge in [-0.15, -0.1) is 11.3 Å². The zero-order chi connectivity index (χ0) is 21.8. The number of nitrogens with one attached hydrogen (secondary N) is 2. The van der Waals surface area contributed by atoms with Crippen LogP contribution in [0.4, 0.5) is 19.9 Å². The number of carbonyl (C=O) groups excluding carboxylic acids is 1. The molecule has 4 rings (SSSR count). The molecule has 156 valence electrons. The fraction of sp³-hybridized carbons (Fsp3) is 0.294. The fourth-order valence-corrected chi connectivity index (χ4v) is 4.14. The third kappa shape index (κ3) is 3.07. The van der Waals surface area contributed by atoms with Crippen LogP contribution in [-0.4, -0.2) is 42.1 Å². The van der Waals surface area contributed by atoms with Crippen LogP contribution in [0.2, 0.25) is 0 Å². The number of carboxylic acids is 1. The lowest BCUT2D eigenvalue weighted by Gasteiger charge is -2.31. The number of H-pyrrole nitrogens is 1. The molecule has 1 amide bonds. The Bertz CT molecular complexity index is 1190. The maximum Gasteiger partial charge on any atom is 0.385 e. The highest BCUT2D eigenvalue weighted by Gasteiger charge is 2.44. The Hall–Kier alpha value is -3.48. The molecule has 1 aliphatic rings.